The second-order valence-corrected chi connectivity index (χ2v) is 7.46. The van der Waals surface area contributed by atoms with Crippen LogP contribution >= 0.6 is 24.8 Å². The van der Waals surface area contributed by atoms with Crippen LogP contribution in [0, 0.1) is 5.92 Å². The predicted octanol–water partition coefficient (Wildman–Crippen LogP) is 2.33. The highest BCUT2D eigenvalue weighted by molar-refractivity contribution is 5.85. The van der Waals surface area contributed by atoms with Gasteiger partial charge in [0, 0.05) is 57.8 Å². The number of nitrogens with zero attached hydrogens (tertiary/aromatic N) is 2. The van der Waals surface area contributed by atoms with Crippen molar-refractivity contribution in [3.8, 4) is 0 Å². The van der Waals surface area contributed by atoms with Crippen LogP contribution in [0.1, 0.15) is 38.2 Å². The second kappa shape index (κ2) is 11.5. The summed E-state index contributed by atoms with van der Waals surface area (Å²) in [5, 5.41) is 3.07. The standard InChI is InChI=1S/C20H30N4O2.2ClH/c1-15(25)23-9-11-24(12-10-23)19-8-3-2-5-17(19)14-22-20(26)13-16-6-4-7-18(16)21;;/h2-3,5,8,16,18H,4,6-7,9-14,21H2,1H3,(H,22,26);2*1H/t16-,18+;;/m0../s1. The number of hydrogen-bond acceptors (Lipinski definition) is 4. The van der Waals surface area contributed by atoms with Crippen molar-refractivity contribution >= 4 is 42.3 Å². The summed E-state index contributed by atoms with van der Waals surface area (Å²) in [7, 11) is 0. The van der Waals surface area contributed by atoms with Crippen LogP contribution in [0.5, 0.6) is 0 Å². The molecule has 0 radical (unpaired) electrons. The maximum absolute atomic E-state index is 12.3. The summed E-state index contributed by atoms with van der Waals surface area (Å²) in [5.74, 6) is 0.545. The lowest BCUT2D eigenvalue weighted by molar-refractivity contribution is -0.129. The SMILES string of the molecule is CC(=O)N1CCN(c2ccccc2CNC(=O)C[C@@H]2CCC[C@H]2N)CC1.Cl.Cl. The van der Waals surface area contributed by atoms with Gasteiger partial charge in [-0.3, -0.25) is 9.59 Å². The highest BCUT2D eigenvalue weighted by atomic mass is 35.5. The van der Waals surface area contributed by atoms with E-state index in [2.05, 4.69) is 22.3 Å². The van der Waals surface area contributed by atoms with Crippen LogP contribution < -0.4 is 16.0 Å². The molecule has 28 heavy (non-hydrogen) atoms. The van der Waals surface area contributed by atoms with E-state index in [0.717, 1.165) is 56.7 Å². The third kappa shape index (κ3) is 6.26. The van der Waals surface area contributed by atoms with E-state index in [1.165, 1.54) is 0 Å². The van der Waals surface area contributed by atoms with Gasteiger partial charge in [0.1, 0.15) is 0 Å². The fourth-order valence-corrected chi connectivity index (χ4v) is 4.05. The van der Waals surface area contributed by atoms with Crippen LogP contribution in [0.4, 0.5) is 5.69 Å². The zero-order valence-electron chi connectivity index (χ0n) is 16.4. The van der Waals surface area contributed by atoms with Crippen molar-refractivity contribution in [2.24, 2.45) is 11.7 Å². The first-order valence-corrected chi connectivity index (χ1v) is 9.65. The maximum atomic E-state index is 12.3. The smallest absolute Gasteiger partial charge is 0.220 e. The van der Waals surface area contributed by atoms with Crippen LogP contribution in [-0.2, 0) is 16.1 Å². The van der Waals surface area contributed by atoms with Crippen molar-refractivity contribution in [3.63, 3.8) is 0 Å². The number of anilines is 1. The average Bonchev–Trinajstić information content (AvgIpc) is 3.05. The molecule has 0 aromatic heterocycles. The summed E-state index contributed by atoms with van der Waals surface area (Å²) < 4.78 is 0. The van der Waals surface area contributed by atoms with E-state index in [1.54, 1.807) is 6.92 Å². The molecule has 2 amide bonds. The molecule has 1 saturated heterocycles. The topological polar surface area (TPSA) is 78.7 Å². The fourth-order valence-electron chi connectivity index (χ4n) is 4.05. The summed E-state index contributed by atoms with van der Waals surface area (Å²) in [6.07, 6.45) is 3.76. The Morgan fingerprint density at radius 3 is 2.39 bits per heavy atom. The highest BCUT2D eigenvalue weighted by Gasteiger charge is 2.26. The van der Waals surface area contributed by atoms with Gasteiger partial charge < -0.3 is 20.9 Å². The molecule has 1 aromatic rings. The van der Waals surface area contributed by atoms with Gasteiger partial charge in [-0.25, -0.2) is 0 Å². The number of halogens is 2. The third-order valence-corrected chi connectivity index (χ3v) is 5.70. The lowest BCUT2D eigenvalue weighted by Gasteiger charge is -2.36. The molecule has 1 aliphatic carbocycles. The minimum absolute atomic E-state index is 0. The van der Waals surface area contributed by atoms with Crippen LogP contribution in [-0.4, -0.2) is 48.9 Å². The first-order valence-electron chi connectivity index (χ1n) is 9.65. The molecular weight excluding hydrogens is 399 g/mol. The van der Waals surface area contributed by atoms with E-state index in [0.29, 0.717) is 18.9 Å². The number of nitrogens with one attached hydrogen (secondary N) is 1. The van der Waals surface area contributed by atoms with Gasteiger partial charge in [-0.2, -0.15) is 0 Å². The van der Waals surface area contributed by atoms with Crippen molar-refractivity contribution in [3.05, 3.63) is 29.8 Å². The molecule has 158 valence electrons. The van der Waals surface area contributed by atoms with Crippen LogP contribution in [0.2, 0.25) is 0 Å². The molecule has 1 heterocycles. The summed E-state index contributed by atoms with van der Waals surface area (Å²) in [4.78, 5) is 28.0. The molecular formula is C20H32Cl2N4O2. The molecule has 0 spiro atoms. The Labute approximate surface area is 180 Å². The van der Waals surface area contributed by atoms with Crippen molar-refractivity contribution in [1.82, 2.24) is 10.2 Å². The molecule has 3 N–H and O–H groups in total. The lowest BCUT2D eigenvalue weighted by atomic mass is 10.00. The van der Waals surface area contributed by atoms with Crippen molar-refractivity contribution in [1.29, 1.82) is 0 Å². The monoisotopic (exact) mass is 430 g/mol. The molecule has 3 rings (SSSR count). The minimum Gasteiger partial charge on any atom is -0.368 e. The van der Waals surface area contributed by atoms with Gasteiger partial charge in [-0.15, -0.1) is 24.8 Å². The van der Waals surface area contributed by atoms with Crippen LogP contribution in [0.25, 0.3) is 0 Å². The van der Waals surface area contributed by atoms with Crippen LogP contribution in [0.3, 0.4) is 0 Å². The number of hydrogen-bond donors (Lipinski definition) is 2. The van der Waals surface area contributed by atoms with Crippen molar-refractivity contribution in [2.75, 3.05) is 31.1 Å². The number of nitrogens with two attached hydrogens (primary N) is 1. The Kier molecular flexibility index (Phi) is 10.1. The Bertz CT molecular complexity index is 651. The first kappa shape index (κ1) is 24.5. The molecule has 1 aromatic carbocycles. The predicted molar refractivity (Wildman–Crippen MR) is 117 cm³/mol. The van der Waals surface area contributed by atoms with Gasteiger partial charge in [0.25, 0.3) is 0 Å². The Balaban J connectivity index is 0.00000196. The number of amides is 2. The van der Waals surface area contributed by atoms with E-state index < -0.39 is 0 Å². The first-order chi connectivity index (χ1) is 12.5. The number of piperazine rings is 1. The summed E-state index contributed by atoms with van der Waals surface area (Å²) in [5.41, 5.74) is 8.34. The van der Waals surface area contributed by atoms with Crippen molar-refractivity contribution in [2.45, 2.75) is 45.2 Å². The van der Waals surface area contributed by atoms with Gasteiger partial charge >= 0.3 is 0 Å². The zero-order valence-corrected chi connectivity index (χ0v) is 18.1. The van der Waals surface area contributed by atoms with E-state index >= 15 is 0 Å². The van der Waals surface area contributed by atoms with Crippen molar-refractivity contribution < 1.29 is 9.59 Å². The molecule has 2 aliphatic rings. The number of benzene rings is 1. The number of para-hydroxylation sites is 1. The Morgan fingerprint density at radius 2 is 1.79 bits per heavy atom. The number of carbonyl (C=O) groups is 2. The minimum atomic E-state index is 0. The number of rotatable bonds is 5. The molecule has 1 saturated carbocycles. The lowest BCUT2D eigenvalue weighted by Crippen LogP contribution is -2.48. The normalized spacial score (nSPS) is 21.5. The maximum Gasteiger partial charge on any atom is 0.220 e. The second-order valence-electron chi connectivity index (χ2n) is 7.46. The highest BCUT2D eigenvalue weighted by Crippen LogP contribution is 2.27. The van der Waals surface area contributed by atoms with Crippen LogP contribution in [0.15, 0.2) is 24.3 Å². The van der Waals surface area contributed by atoms with Gasteiger partial charge in [0.15, 0.2) is 0 Å². The quantitative estimate of drug-likeness (QED) is 0.750. The molecule has 0 unspecified atom stereocenters. The van der Waals surface area contributed by atoms with E-state index in [4.69, 9.17) is 5.73 Å². The average molecular weight is 431 g/mol. The van der Waals surface area contributed by atoms with Gasteiger partial charge in [-0.1, -0.05) is 24.6 Å². The van der Waals surface area contributed by atoms with E-state index in [1.807, 2.05) is 17.0 Å². The van der Waals surface area contributed by atoms with Gasteiger partial charge in [-0.05, 0) is 30.4 Å². The zero-order chi connectivity index (χ0) is 18.5. The fraction of sp³-hybridized carbons (Fsp3) is 0.600. The molecule has 8 heteroatoms. The largest absolute Gasteiger partial charge is 0.368 e. The Morgan fingerprint density at radius 1 is 1.11 bits per heavy atom. The van der Waals surface area contributed by atoms with Gasteiger partial charge in [0.05, 0.1) is 0 Å². The third-order valence-electron chi connectivity index (χ3n) is 5.70. The van der Waals surface area contributed by atoms with E-state index in [-0.39, 0.29) is 42.7 Å². The molecule has 2 atom stereocenters. The molecule has 1 aliphatic heterocycles. The summed E-state index contributed by atoms with van der Waals surface area (Å²) >= 11 is 0. The summed E-state index contributed by atoms with van der Waals surface area (Å²) in [6.45, 7) is 5.29. The number of carbonyl (C=O) groups excluding carboxylic acids is 2. The van der Waals surface area contributed by atoms with Gasteiger partial charge in [0.2, 0.25) is 11.8 Å². The molecule has 6 nitrogen and oxygen atoms in total. The van der Waals surface area contributed by atoms with E-state index in [9.17, 15) is 9.59 Å². The Hall–Kier alpha value is -1.50. The molecule has 2 fully saturated rings. The molecule has 0 bridgehead atoms. The summed E-state index contributed by atoms with van der Waals surface area (Å²) in [6, 6.07) is 8.36.